The van der Waals surface area contributed by atoms with Crippen molar-refractivity contribution in [2.45, 2.75) is 97.5 Å². The number of allylic oxidation sites excluding steroid dienone is 1. The van der Waals surface area contributed by atoms with Gasteiger partial charge >= 0.3 is 11.9 Å². The Bertz CT molecular complexity index is 1110. The zero-order valence-electron chi connectivity index (χ0n) is 22.5. The number of fused-ring (bicyclic) bond motifs is 5. The second-order valence-corrected chi connectivity index (χ2v) is 12.4. The van der Waals surface area contributed by atoms with Gasteiger partial charge in [0, 0.05) is 31.1 Å². The molecule has 0 aromatic rings. The van der Waals surface area contributed by atoms with Crippen LogP contribution in [0, 0.1) is 34.5 Å². The molecule has 9 nitrogen and oxygen atoms in total. The molecular formula is C29H37NO8. The summed E-state index contributed by atoms with van der Waals surface area (Å²) < 4.78 is 6.15. The quantitative estimate of drug-likeness (QED) is 0.379. The number of esters is 1. The highest BCUT2D eigenvalue weighted by atomic mass is 16.7. The van der Waals surface area contributed by atoms with E-state index in [4.69, 9.17) is 9.57 Å². The van der Waals surface area contributed by atoms with Gasteiger partial charge in [0.2, 0.25) is 0 Å². The molecule has 1 heterocycles. The van der Waals surface area contributed by atoms with Gasteiger partial charge in [0.05, 0.1) is 12.8 Å². The lowest BCUT2D eigenvalue weighted by Crippen LogP contribution is -2.58. The van der Waals surface area contributed by atoms with Crippen molar-refractivity contribution < 1.29 is 38.3 Å². The maximum absolute atomic E-state index is 13.1. The van der Waals surface area contributed by atoms with Crippen LogP contribution >= 0.6 is 0 Å². The Morgan fingerprint density at radius 2 is 1.63 bits per heavy atom. The van der Waals surface area contributed by atoms with Crippen LogP contribution in [0.2, 0.25) is 0 Å². The topological polar surface area (TPSA) is 124 Å². The fraction of sp³-hybridized carbons (Fsp3) is 0.724. The molecule has 0 aromatic heterocycles. The van der Waals surface area contributed by atoms with Crippen molar-refractivity contribution >= 4 is 35.3 Å². The van der Waals surface area contributed by atoms with Gasteiger partial charge in [0.1, 0.15) is 11.9 Å². The van der Waals surface area contributed by atoms with E-state index in [-0.39, 0.29) is 65.8 Å². The van der Waals surface area contributed by atoms with E-state index in [0.717, 1.165) is 37.7 Å². The number of hydrogen-bond acceptors (Lipinski definition) is 8. The number of amides is 2. The minimum absolute atomic E-state index is 0.000207. The summed E-state index contributed by atoms with van der Waals surface area (Å²) in [7, 11) is 0. The van der Waals surface area contributed by atoms with Gasteiger partial charge < -0.3 is 9.57 Å². The molecule has 2 amide bonds. The molecule has 0 bridgehead atoms. The van der Waals surface area contributed by atoms with Crippen molar-refractivity contribution in [1.29, 1.82) is 0 Å². The lowest BCUT2D eigenvalue weighted by Gasteiger charge is -2.60. The van der Waals surface area contributed by atoms with Crippen LogP contribution in [0.3, 0.4) is 0 Å². The predicted octanol–water partition coefficient (Wildman–Crippen LogP) is 3.63. The number of Topliss-reactive ketones (excluding diaryl/α,β-unsaturated/α-hetero) is 1. The van der Waals surface area contributed by atoms with E-state index in [1.165, 1.54) is 0 Å². The van der Waals surface area contributed by atoms with Gasteiger partial charge in [-0.2, -0.15) is 0 Å². The molecule has 0 radical (unpaired) electrons. The summed E-state index contributed by atoms with van der Waals surface area (Å²) in [4.78, 5) is 78.5. The number of carbonyl (C=O) groups is 6. The molecule has 0 N–H and O–H groups in total. The first kappa shape index (κ1) is 26.8. The van der Waals surface area contributed by atoms with E-state index >= 15 is 0 Å². The average Bonchev–Trinajstić information content (AvgIpc) is 3.36. The molecule has 7 atom stereocenters. The van der Waals surface area contributed by atoms with Gasteiger partial charge in [-0.25, -0.2) is 4.79 Å². The molecular weight excluding hydrogens is 490 g/mol. The number of hydrogen-bond donors (Lipinski definition) is 0. The fourth-order valence-corrected chi connectivity index (χ4v) is 8.67. The van der Waals surface area contributed by atoms with Crippen molar-refractivity contribution in [3.05, 3.63) is 11.6 Å². The highest BCUT2D eigenvalue weighted by Crippen LogP contribution is 2.67. The lowest BCUT2D eigenvalue weighted by atomic mass is 9.46. The summed E-state index contributed by atoms with van der Waals surface area (Å²) in [6, 6.07) is 0. The Morgan fingerprint density at radius 3 is 2.32 bits per heavy atom. The third-order valence-electron chi connectivity index (χ3n) is 10.4. The molecule has 38 heavy (non-hydrogen) atoms. The number of ether oxygens (including phenoxy) is 1. The summed E-state index contributed by atoms with van der Waals surface area (Å²) in [5.74, 6) is -1.59. The minimum atomic E-state index is -0.841. The van der Waals surface area contributed by atoms with Crippen LogP contribution in [-0.2, 0) is 38.3 Å². The first-order valence-electron chi connectivity index (χ1n) is 13.9. The summed E-state index contributed by atoms with van der Waals surface area (Å²) in [6.07, 6.45) is 6.16. The van der Waals surface area contributed by atoms with Crippen molar-refractivity contribution in [3.63, 3.8) is 0 Å². The number of hydroxylamine groups is 2. The van der Waals surface area contributed by atoms with Crippen molar-refractivity contribution in [3.8, 4) is 0 Å². The highest BCUT2D eigenvalue weighted by molar-refractivity contribution is 6.01. The fourth-order valence-electron chi connectivity index (χ4n) is 8.67. The Labute approximate surface area is 222 Å². The zero-order chi connectivity index (χ0) is 27.4. The smallest absolute Gasteiger partial charge is 0.333 e. The monoisotopic (exact) mass is 527 g/mol. The lowest BCUT2D eigenvalue weighted by molar-refractivity contribution is -0.198. The van der Waals surface area contributed by atoms with Crippen LogP contribution in [0.15, 0.2) is 11.6 Å². The molecule has 0 spiro atoms. The molecule has 4 fully saturated rings. The van der Waals surface area contributed by atoms with Crippen LogP contribution in [-0.4, -0.2) is 46.5 Å². The normalized spacial score (nSPS) is 38.2. The maximum atomic E-state index is 13.1. The van der Waals surface area contributed by atoms with Crippen LogP contribution in [0.5, 0.6) is 0 Å². The maximum Gasteiger partial charge on any atom is 0.333 e. The molecule has 206 valence electrons. The standard InChI is InChI=1S/C29H37NO8/c1-16(31)20-6-7-21-19-5-4-17-14-18(32)12-13-28(17,2)27(19)22(15-29(20,21)3)37-25(35)10-11-26(36)38-30-23(33)8-9-24(30)34/h14,19-22,27H,4-13,15H2,1-3H3/t19-,20-,21+,22-,27+,28+,29-/m1/s1. The van der Waals surface area contributed by atoms with Crippen LogP contribution < -0.4 is 0 Å². The predicted molar refractivity (Wildman–Crippen MR) is 133 cm³/mol. The summed E-state index contributed by atoms with van der Waals surface area (Å²) in [6.45, 7) is 6.03. The Morgan fingerprint density at radius 1 is 0.947 bits per heavy atom. The average molecular weight is 528 g/mol. The Balaban J connectivity index is 1.34. The summed E-state index contributed by atoms with van der Waals surface area (Å²) in [5.41, 5.74) is 0.617. The Kier molecular flexibility index (Phi) is 6.84. The van der Waals surface area contributed by atoms with Crippen LogP contribution in [0.25, 0.3) is 0 Å². The first-order chi connectivity index (χ1) is 17.9. The number of ketones is 2. The van der Waals surface area contributed by atoms with Crippen molar-refractivity contribution in [2.24, 2.45) is 34.5 Å². The molecule has 0 unspecified atom stereocenters. The molecule has 5 rings (SSSR count). The van der Waals surface area contributed by atoms with E-state index < -0.39 is 29.9 Å². The molecule has 1 aliphatic heterocycles. The van der Waals surface area contributed by atoms with Crippen LogP contribution in [0.4, 0.5) is 0 Å². The first-order valence-corrected chi connectivity index (χ1v) is 13.9. The second-order valence-electron chi connectivity index (χ2n) is 12.4. The summed E-state index contributed by atoms with van der Waals surface area (Å²) >= 11 is 0. The molecule has 5 aliphatic rings. The largest absolute Gasteiger partial charge is 0.462 e. The van der Waals surface area contributed by atoms with Gasteiger partial charge in [-0.3, -0.25) is 24.0 Å². The molecule has 4 aliphatic carbocycles. The summed E-state index contributed by atoms with van der Waals surface area (Å²) in [5, 5.41) is 0.476. The molecule has 1 saturated heterocycles. The van der Waals surface area contributed by atoms with Gasteiger partial charge in [-0.1, -0.05) is 19.4 Å². The number of imide groups is 1. The van der Waals surface area contributed by atoms with Gasteiger partial charge in [0.25, 0.3) is 11.8 Å². The van der Waals surface area contributed by atoms with Crippen molar-refractivity contribution in [2.75, 3.05) is 0 Å². The molecule has 3 saturated carbocycles. The van der Waals surface area contributed by atoms with E-state index in [1.807, 2.05) is 0 Å². The number of carbonyl (C=O) groups excluding carboxylic acids is 6. The van der Waals surface area contributed by atoms with Gasteiger partial charge in [0.15, 0.2) is 5.78 Å². The molecule has 9 heteroatoms. The van der Waals surface area contributed by atoms with E-state index in [9.17, 15) is 28.8 Å². The number of nitrogens with zero attached hydrogens (tertiary/aromatic N) is 1. The second kappa shape index (κ2) is 9.72. The highest BCUT2D eigenvalue weighted by Gasteiger charge is 2.63. The van der Waals surface area contributed by atoms with Crippen molar-refractivity contribution in [1.82, 2.24) is 5.06 Å². The van der Waals surface area contributed by atoms with E-state index in [1.54, 1.807) is 13.0 Å². The van der Waals surface area contributed by atoms with E-state index in [2.05, 4.69) is 13.8 Å². The van der Waals surface area contributed by atoms with Crippen LogP contribution in [0.1, 0.15) is 91.4 Å². The number of rotatable bonds is 6. The zero-order valence-corrected chi connectivity index (χ0v) is 22.5. The minimum Gasteiger partial charge on any atom is -0.462 e. The van der Waals surface area contributed by atoms with E-state index in [0.29, 0.717) is 23.8 Å². The van der Waals surface area contributed by atoms with Gasteiger partial charge in [-0.15, -0.1) is 5.06 Å². The Hall–Kier alpha value is -2.84. The third kappa shape index (κ3) is 4.41. The molecule has 0 aromatic carbocycles. The third-order valence-corrected chi connectivity index (χ3v) is 10.4. The van der Waals surface area contributed by atoms with Gasteiger partial charge in [-0.05, 0) is 74.2 Å². The SMILES string of the molecule is CC(=O)[C@H]1CC[C@H]2[C@H]3CCC4=CC(=O)CC[C@]4(C)[C@@H]3[C@H](OC(=O)CCC(=O)ON3C(=O)CCC3=O)C[C@]12C.